The van der Waals surface area contributed by atoms with E-state index in [0.717, 1.165) is 24.5 Å². The zero-order valence-corrected chi connectivity index (χ0v) is 21.0. The van der Waals surface area contributed by atoms with Gasteiger partial charge in [0.2, 0.25) is 0 Å². The minimum absolute atomic E-state index is 0.158. The lowest BCUT2D eigenvalue weighted by Crippen LogP contribution is -2.05. The van der Waals surface area contributed by atoms with Crippen molar-refractivity contribution in [2.45, 2.75) is 24.5 Å². The fourth-order valence-electron chi connectivity index (χ4n) is 3.77. The van der Waals surface area contributed by atoms with Crippen LogP contribution < -0.4 is 0 Å². The molecule has 0 unspecified atom stereocenters. The van der Waals surface area contributed by atoms with Crippen molar-refractivity contribution < 1.29 is 18.0 Å². The Morgan fingerprint density at radius 1 is 0.459 bits per heavy atom. The molecule has 0 bridgehead atoms. The van der Waals surface area contributed by atoms with Crippen LogP contribution in [0.5, 0.6) is 0 Å². The molecule has 0 heterocycles. The maximum absolute atomic E-state index is 13.6. The summed E-state index contributed by atoms with van der Waals surface area (Å²) in [5, 5.41) is 0. The average molecular weight is 530 g/mol. The van der Waals surface area contributed by atoms with Crippen LogP contribution in [0.25, 0.3) is 0 Å². The molecule has 0 radical (unpaired) electrons. The summed E-state index contributed by atoms with van der Waals surface area (Å²) < 4.78 is 40.3. The Balaban J connectivity index is 1.35. The van der Waals surface area contributed by atoms with E-state index in [1.807, 2.05) is 36.4 Å². The Bertz CT molecular complexity index is 1450. The molecule has 0 saturated carbocycles. The van der Waals surface area contributed by atoms with E-state index in [-0.39, 0.29) is 23.2 Å². The van der Waals surface area contributed by atoms with Crippen molar-refractivity contribution in [2.24, 2.45) is 0 Å². The second-order valence-corrected chi connectivity index (χ2v) is 11.3. The van der Waals surface area contributed by atoms with Crippen molar-refractivity contribution in [3.8, 4) is 0 Å². The van der Waals surface area contributed by atoms with Crippen molar-refractivity contribution in [3.63, 3.8) is 0 Å². The Morgan fingerprint density at radius 2 is 0.757 bits per heavy atom. The SMILES string of the molecule is O=C(c1ccc(F)cc1)c1ccc(Sc2ccc([S+](c3ccc(F)cc3)c3ccc(F)cc3)cc2)cc1. The third kappa shape index (κ3) is 5.98. The van der Waals surface area contributed by atoms with Crippen LogP contribution in [-0.4, -0.2) is 5.78 Å². The van der Waals surface area contributed by atoms with Crippen molar-refractivity contribution >= 4 is 28.4 Å². The van der Waals surface area contributed by atoms with E-state index in [0.29, 0.717) is 11.1 Å². The standard InChI is InChI=1S/C31H20F3OS2/c32-23-5-1-21(2-6-23)31(35)22-3-11-26(12-4-22)36-27-13-19-30(20-14-27)37(28-15-7-24(33)8-16-28)29-17-9-25(34)10-18-29/h1-20H/q+1. The summed E-state index contributed by atoms with van der Waals surface area (Å²) in [6.07, 6.45) is 0. The summed E-state index contributed by atoms with van der Waals surface area (Å²) >= 11 is 1.56. The first-order valence-electron chi connectivity index (χ1n) is 11.4. The van der Waals surface area contributed by atoms with Gasteiger partial charge in [-0.1, -0.05) is 11.8 Å². The van der Waals surface area contributed by atoms with Crippen LogP contribution in [0.3, 0.4) is 0 Å². The van der Waals surface area contributed by atoms with E-state index >= 15 is 0 Å². The predicted molar refractivity (Wildman–Crippen MR) is 142 cm³/mol. The van der Waals surface area contributed by atoms with Crippen LogP contribution in [0.15, 0.2) is 146 Å². The fourth-order valence-corrected chi connectivity index (χ4v) is 6.63. The minimum atomic E-state index is -0.518. The summed E-state index contributed by atoms with van der Waals surface area (Å²) in [5.74, 6) is -1.14. The lowest BCUT2D eigenvalue weighted by molar-refractivity contribution is 0.103. The Kier molecular flexibility index (Phi) is 7.49. The first-order valence-corrected chi connectivity index (χ1v) is 13.4. The highest BCUT2D eigenvalue weighted by Gasteiger charge is 2.28. The first kappa shape index (κ1) is 24.9. The maximum atomic E-state index is 13.6. The van der Waals surface area contributed by atoms with Gasteiger partial charge in [0.25, 0.3) is 0 Å². The number of carbonyl (C=O) groups is 1. The Morgan fingerprint density at radius 3 is 1.16 bits per heavy atom. The average Bonchev–Trinajstić information content (AvgIpc) is 2.92. The summed E-state index contributed by atoms with van der Waals surface area (Å²) in [5.41, 5.74) is 0.976. The quantitative estimate of drug-likeness (QED) is 0.155. The normalized spacial score (nSPS) is 11.0. The van der Waals surface area contributed by atoms with Crippen molar-refractivity contribution in [1.29, 1.82) is 0 Å². The highest BCUT2D eigenvalue weighted by atomic mass is 32.2. The summed E-state index contributed by atoms with van der Waals surface area (Å²) in [6, 6.07) is 33.7. The maximum Gasteiger partial charge on any atom is 0.193 e. The lowest BCUT2D eigenvalue weighted by atomic mass is 10.0. The molecule has 0 aliphatic carbocycles. The monoisotopic (exact) mass is 529 g/mol. The molecule has 5 rings (SSSR count). The van der Waals surface area contributed by atoms with Gasteiger partial charge in [0, 0.05) is 20.9 Å². The number of ketones is 1. The second-order valence-electron chi connectivity index (χ2n) is 8.15. The van der Waals surface area contributed by atoms with Crippen LogP contribution in [0.2, 0.25) is 0 Å². The van der Waals surface area contributed by atoms with Crippen molar-refractivity contribution in [1.82, 2.24) is 0 Å². The van der Waals surface area contributed by atoms with E-state index in [9.17, 15) is 18.0 Å². The molecule has 0 amide bonds. The van der Waals surface area contributed by atoms with Crippen LogP contribution in [0, 0.1) is 17.5 Å². The Hall–Kier alpha value is -3.74. The number of carbonyl (C=O) groups excluding carboxylic acids is 1. The van der Waals surface area contributed by atoms with Crippen LogP contribution in [0.1, 0.15) is 15.9 Å². The number of rotatable bonds is 7. The number of halogens is 3. The van der Waals surface area contributed by atoms with Gasteiger partial charge in [0.1, 0.15) is 17.5 Å². The molecular formula is C31H20F3OS2+. The number of benzene rings is 5. The predicted octanol–water partition coefficient (Wildman–Crippen LogP) is 8.58. The van der Waals surface area contributed by atoms with Gasteiger partial charge in [-0.15, -0.1) is 0 Å². The van der Waals surface area contributed by atoms with E-state index in [1.54, 1.807) is 48.2 Å². The minimum Gasteiger partial charge on any atom is -0.289 e. The van der Waals surface area contributed by atoms with Gasteiger partial charge in [-0.25, -0.2) is 13.2 Å². The highest BCUT2D eigenvalue weighted by molar-refractivity contribution is 7.99. The molecule has 0 aromatic heterocycles. The van der Waals surface area contributed by atoms with E-state index in [2.05, 4.69) is 0 Å². The summed E-state index contributed by atoms with van der Waals surface area (Å²) in [7, 11) is -0.518. The van der Waals surface area contributed by atoms with Gasteiger partial charge in [-0.05, 0) is 121 Å². The topological polar surface area (TPSA) is 17.1 Å². The van der Waals surface area contributed by atoms with Crippen LogP contribution >= 0.6 is 11.8 Å². The smallest absolute Gasteiger partial charge is 0.193 e. The third-order valence-corrected chi connectivity index (χ3v) is 8.86. The molecule has 1 nitrogen and oxygen atoms in total. The molecule has 182 valence electrons. The largest absolute Gasteiger partial charge is 0.289 e. The highest BCUT2D eigenvalue weighted by Crippen LogP contribution is 2.34. The molecule has 6 heteroatoms. The molecule has 0 saturated heterocycles. The molecule has 0 spiro atoms. The van der Waals surface area contributed by atoms with Gasteiger partial charge in [-0.2, -0.15) is 0 Å². The summed E-state index contributed by atoms with van der Waals surface area (Å²) in [4.78, 5) is 17.5. The molecule has 0 atom stereocenters. The third-order valence-electron chi connectivity index (χ3n) is 5.62. The number of hydrogen-bond donors (Lipinski definition) is 0. The molecule has 0 fully saturated rings. The van der Waals surface area contributed by atoms with E-state index in [1.165, 1.54) is 48.5 Å². The Labute approximate surface area is 220 Å². The lowest BCUT2D eigenvalue weighted by Gasteiger charge is -2.09. The zero-order valence-electron chi connectivity index (χ0n) is 19.4. The van der Waals surface area contributed by atoms with Crippen LogP contribution in [0.4, 0.5) is 13.2 Å². The summed E-state index contributed by atoms with van der Waals surface area (Å²) in [6.45, 7) is 0. The molecule has 5 aromatic carbocycles. The number of hydrogen-bond acceptors (Lipinski definition) is 2. The van der Waals surface area contributed by atoms with Gasteiger partial charge in [-0.3, -0.25) is 4.79 Å². The van der Waals surface area contributed by atoms with Gasteiger partial charge in [0.15, 0.2) is 20.5 Å². The molecule has 0 aliphatic rings. The molecular weight excluding hydrogens is 509 g/mol. The first-order chi connectivity index (χ1) is 18.0. The molecule has 5 aromatic rings. The van der Waals surface area contributed by atoms with E-state index in [4.69, 9.17) is 0 Å². The van der Waals surface area contributed by atoms with Gasteiger partial charge < -0.3 is 0 Å². The van der Waals surface area contributed by atoms with Crippen LogP contribution in [-0.2, 0) is 10.9 Å². The second kappa shape index (κ2) is 11.1. The van der Waals surface area contributed by atoms with Crippen molar-refractivity contribution in [3.05, 3.63) is 150 Å². The zero-order chi connectivity index (χ0) is 25.8. The fraction of sp³-hybridized carbons (Fsp3) is 0. The van der Waals surface area contributed by atoms with Gasteiger partial charge in [0.05, 0.1) is 10.9 Å². The molecule has 37 heavy (non-hydrogen) atoms. The molecule has 0 N–H and O–H groups in total. The van der Waals surface area contributed by atoms with E-state index < -0.39 is 10.9 Å². The van der Waals surface area contributed by atoms with Gasteiger partial charge >= 0.3 is 0 Å². The molecule has 0 aliphatic heterocycles. The van der Waals surface area contributed by atoms with Crippen molar-refractivity contribution in [2.75, 3.05) is 0 Å².